The van der Waals surface area contributed by atoms with Crippen molar-refractivity contribution in [2.24, 2.45) is 0 Å². The molecule has 0 bridgehead atoms. The molecule has 2 amide bonds. The lowest BCUT2D eigenvalue weighted by Crippen LogP contribution is -2.34. The highest BCUT2D eigenvalue weighted by Crippen LogP contribution is 2.25. The molecule has 2 aromatic carbocycles. The lowest BCUT2D eigenvalue weighted by Gasteiger charge is -2.20. The average molecular weight is 254 g/mol. The molecule has 0 fully saturated rings. The van der Waals surface area contributed by atoms with E-state index in [1.807, 2.05) is 30.3 Å². The molecule has 0 atom stereocenters. The molecule has 1 aliphatic heterocycles. The first kappa shape index (κ1) is 11.6. The van der Waals surface area contributed by atoms with Crippen LogP contribution in [-0.2, 0) is 6.42 Å². The highest BCUT2D eigenvalue weighted by atomic mass is 16.3. The number of nitrogens with zero attached hydrogens (tertiary/aromatic N) is 1. The third-order valence-corrected chi connectivity index (χ3v) is 3.25. The van der Waals surface area contributed by atoms with E-state index < -0.39 is 0 Å². The molecule has 0 aliphatic carbocycles. The number of anilines is 2. The summed E-state index contributed by atoms with van der Waals surface area (Å²) in [5.74, 6) is 0.159. The van der Waals surface area contributed by atoms with Gasteiger partial charge < -0.3 is 10.4 Å². The van der Waals surface area contributed by atoms with Crippen LogP contribution in [0.15, 0.2) is 48.5 Å². The van der Waals surface area contributed by atoms with Gasteiger partial charge in [0.25, 0.3) is 0 Å². The summed E-state index contributed by atoms with van der Waals surface area (Å²) in [5, 5.41) is 12.4. The molecule has 4 heteroatoms. The Hall–Kier alpha value is -2.49. The quantitative estimate of drug-likeness (QED) is 0.822. The molecular formula is C15H14N2O2. The predicted molar refractivity (Wildman–Crippen MR) is 74.6 cm³/mol. The largest absolute Gasteiger partial charge is 0.508 e. The first-order valence-corrected chi connectivity index (χ1v) is 6.19. The SMILES string of the molecule is O=C1Nc2ccccc2CCN1c1cccc(O)c1. The van der Waals surface area contributed by atoms with E-state index >= 15 is 0 Å². The van der Waals surface area contributed by atoms with Crippen molar-refractivity contribution in [1.29, 1.82) is 0 Å². The van der Waals surface area contributed by atoms with Gasteiger partial charge >= 0.3 is 6.03 Å². The first-order valence-electron chi connectivity index (χ1n) is 6.19. The minimum atomic E-state index is -0.171. The topological polar surface area (TPSA) is 52.6 Å². The fourth-order valence-corrected chi connectivity index (χ4v) is 2.28. The summed E-state index contributed by atoms with van der Waals surface area (Å²) in [6.45, 7) is 0.590. The van der Waals surface area contributed by atoms with Crippen molar-refractivity contribution < 1.29 is 9.90 Å². The van der Waals surface area contributed by atoms with Crippen LogP contribution in [0.2, 0.25) is 0 Å². The molecule has 0 radical (unpaired) electrons. The summed E-state index contributed by atoms with van der Waals surface area (Å²) < 4.78 is 0. The number of urea groups is 1. The summed E-state index contributed by atoms with van der Waals surface area (Å²) in [6, 6.07) is 14.4. The van der Waals surface area contributed by atoms with Gasteiger partial charge in [0.05, 0.1) is 0 Å². The predicted octanol–water partition coefficient (Wildman–Crippen LogP) is 2.99. The average Bonchev–Trinajstić information content (AvgIpc) is 2.57. The van der Waals surface area contributed by atoms with E-state index in [0.29, 0.717) is 12.2 Å². The first-order chi connectivity index (χ1) is 9.24. The highest BCUT2D eigenvalue weighted by molar-refractivity contribution is 6.03. The number of amides is 2. The smallest absolute Gasteiger partial charge is 0.326 e. The molecule has 0 unspecified atom stereocenters. The molecule has 2 N–H and O–H groups in total. The maximum absolute atomic E-state index is 12.2. The van der Waals surface area contributed by atoms with Crippen LogP contribution in [0.5, 0.6) is 5.75 Å². The lowest BCUT2D eigenvalue weighted by molar-refractivity contribution is 0.257. The van der Waals surface area contributed by atoms with Crippen LogP contribution < -0.4 is 10.2 Å². The third-order valence-electron chi connectivity index (χ3n) is 3.25. The van der Waals surface area contributed by atoms with Crippen LogP contribution >= 0.6 is 0 Å². The van der Waals surface area contributed by atoms with Gasteiger partial charge in [-0.1, -0.05) is 24.3 Å². The van der Waals surface area contributed by atoms with Gasteiger partial charge in [-0.2, -0.15) is 0 Å². The number of carbonyl (C=O) groups is 1. The fourth-order valence-electron chi connectivity index (χ4n) is 2.28. The van der Waals surface area contributed by atoms with E-state index in [9.17, 15) is 9.90 Å². The Morgan fingerprint density at radius 2 is 1.95 bits per heavy atom. The van der Waals surface area contributed by atoms with E-state index in [-0.39, 0.29) is 11.8 Å². The van der Waals surface area contributed by atoms with Crippen LogP contribution in [0.25, 0.3) is 0 Å². The van der Waals surface area contributed by atoms with Gasteiger partial charge in [0.1, 0.15) is 5.75 Å². The van der Waals surface area contributed by atoms with Gasteiger partial charge in [-0.05, 0) is 30.2 Å². The second-order valence-electron chi connectivity index (χ2n) is 4.51. The Morgan fingerprint density at radius 3 is 2.79 bits per heavy atom. The van der Waals surface area contributed by atoms with E-state index in [1.165, 1.54) is 0 Å². The normalized spacial score (nSPS) is 14.5. The Labute approximate surface area is 111 Å². The Bertz CT molecular complexity index is 625. The van der Waals surface area contributed by atoms with Crippen molar-refractivity contribution in [2.45, 2.75) is 6.42 Å². The number of hydrogen-bond donors (Lipinski definition) is 2. The van der Waals surface area contributed by atoms with Crippen LogP contribution in [0.4, 0.5) is 16.2 Å². The van der Waals surface area contributed by atoms with Crippen molar-refractivity contribution in [3.05, 3.63) is 54.1 Å². The number of aromatic hydroxyl groups is 1. The highest BCUT2D eigenvalue weighted by Gasteiger charge is 2.21. The van der Waals surface area contributed by atoms with Crippen LogP contribution in [0, 0.1) is 0 Å². The van der Waals surface area contributed by atoms with Gasteiger partial charge in [-0.15, -0.1) is 0 Å². The van der Waals surface area contributed by atoms with Gasteiger partial charge in [0, 0.05) is 24.0 Å². The van der Waals surface area contributed by atoms with Crippen molar-refractivity contribution >= 4 is 17.4 Å². The van der Waals surface area contributed by atoms with Crippen molar-refractivity contribution in [1.82, 2.24) is 0 Å². The van der Waals surface area contributed by atoms with E-state index in [2.05, 4.69) is 5.32 Å². The molecule has 1 heterocycles. The summed E-state index contributed by atoms with van der Waals surface area (Å²) in [5.41, 5.74) is 2.68. The number of carbonyl (C=O) groups excluding carboxylic acids is 1. The lowest BCUT2D eigenvalue weighted by atomic mass is 10.1. The van der Waals surface area contributed by atoms with Crippen molar-refractivity contribution in [3.63, 3.8) is 0 Å². The molecule has 1 aliphatic rings. The standard InChI is InChI=1S/C15H14N2O2/c18-13-6-3-5-12(10-13)17-9-8-11-4-1-2-7-14(11)16-15(17)19/h1-7,10,18H,8-9H2,(H,16,19). The molecule has 2 aromatic rings. The van der Waals surface area contributed by atoms with Gasteiger partial charge in [0.2, 0.25) is 0 Å². The molecule has 0 saturated carbocycles. The maximum atomic E-state index is 12.2. The minimum Gasteiger partial charge on any atom is -0.508 e. The molecule has 19 heavy (non-hydrogen) atoms. The Balaban J connectivity index is 1.93. The second-order valence-corrected chi connectivity index (χ2v) is 4.51. The molecule has 3 rings (SSSR count). The molecular weight excluding hydrogens is 240 g/mol. The molecule has 4 nitrogen and oxygen atoms in total. The Morgan fingerprint density at radius 1 is 1.11 bits per heavy atom. The molecule has 0 saturated heterocycles. The zero-order chi connectivity index (χ0) is 13.2. The monoisotopic (exact) mass is 254 g/mol. The van der Waals surface area contributed by atoms with Crippen molar-refractivity contribution in [3.8, 4) is 5.75 Å². The minimum absolute atomic E-state index is 0.159. The van der Waals surface area contributed by atoms with Crippen molar-refractivity contribution in [2.75, 3.05) is 16.8 Å². The summed E-state index contributed by atoms with van der Waals surface area (Å²) in [7, 11) is 0. The number of phenolic OH excluding ortho intramolecular Hbond substituents is 1. The number of nitrogens with one attached hydrogen (secondary N) is 1. The summed E-state index contributed by atoms with van der Waals surface area (Å²) in [4.78, 5) is 13.9. The zero-order valence-electron chi connectivity index (χ0n) is 10.3. The van der Waals surface area contributed by atoms with Crippen LogP contribution in [0.3, 0.4) is 0 Å². The number of rotatable bonds is 1. The molecule has 96 valence electrons. The number of fused-ring (bicyclic) bond motifs is 1. The molecule has 0 spiro atoms. The van der Waals surface area contributed by atoms with Crippen LogP contribution in [-0.4, -0.2) is 17.7 Å². The van der Waals surface area contributed by atoms with E-state index in [4.69, 9.17) is 0 Å². The summed E-state index contributed by atoms with van der Waals surface area (Å²) in [6.07, 6.45) is 0.782. The number of hydrogen-bond acceptors (Lipinski definition) is 2. The van der Waals surface area contributed by atoms with Gasteiger partial charge in [-0.25, -0.2) is 4.79 Å². The van der Waals surface area contributed by atoms with Crippen LogP contribution in [0.1, 0.15) is 5.56 Å². The zero-order valence-corrected chi connectivity index (χ0v) is 10.3. The second kappa shape index (κ2) is 4.65. The fraction of sp³-hybridized carbons (Fsp3) is 0.133. The summed E-state index contributed by atoms with van der Waals surface area (Å²) >= 11 is 0. The van der Waals surface area contributed by atoms with E-state index in [0.717, 1.165) is 17.7 Å². The Kier molecular flexibility index (Phi) is 2.83. The third kappa shape index (κ3) is 2.25. The van der Waals surface area contributed by atoms with Gasteiger partial charge in [-0.3, -0.25) is 4.90 Å². The molecule has 0 aromatic heterocycles. The van der Waals surface area contributed by atoms with Gasteiger partial charge in [0.15, 0.2) is 0 Å². The number of para-hydroxylation sites is 1. The number of benzene rings is 2. The number of phenols is 1. The maximum Gasteiger partial charge on any atom is 0.326 e. The van der Waals surface area contributed by atoms with E-state index in [1.54, 1.807) is 23.1 Å².